The number of piperidine rings is 1. The van der Waals surface area contributed by atoms with Crippen molar-refractivity contribution in [2.24, 2.45) is 5.92 Å². The van der Waals surface area contributed by atoms with E-state index >= 15 is 4.39 Å². The van der Waals surface area contributed by atoms with Gasteiger partial charge in [-0.15, -0.1) is 0 Å². The monoisotopic (exact) mass is 654 g/mol. The van der Waals surface area contributed by atoms with Crippen molar-refractivity contribution in [2.45, 2.75) is 36.3 Å². The number of nitrogens with one attached hydrogen (secondary N) is 2. The first kappa shape index (κ1) is 34.4. The van der Waals surface area contributed by atoms with E-state index in [1.165, 1.54) is 32.4 Å². The standard InChI is InChI=1S/C31H38F4N4O5S/c1-43-19-23(40)17-38-13-11-21(26(32)18-38)16-37-27-7-4-8-29-25(27)14-22(39(29)20-31(33,34)35)6-5-12-36-28-10-9-24(45(3,41)42)15-30(28)44-2/h4,7-10,14-15,21,23,26,36-37,40H,11-13,16-20H2,1-3H3/t21-,23+,26+/m1/s1. The Hall–Kier alpha value is -3.51. The van der Waals surface area contributed by atoms with E-state index in [0.29, 0.717) is 48.3 Å². The van der Waals surface area contributed by atoms with Crippen LogP contribution in [0.4, 0.5) is 28.9 Å². The summed E-state index contributed by atoms with van der Waals surface area (Å²) >= 11 is 0. The number of anilines is 2. The van der Waals surface area contributed by atoms with Crippen molar-refractivity contribution >= 4 is 32.1 Å². The van der Waals surface area contributed by atoms with Crippen LogP contribution in [0.3, 0.4) is 0 Å². The summed E-state index contributed by atoms with van der Waals surface area (Å²) in [4.78, 5) is 1.95. The summed E-state index contributed by atoms with van der Waals surface area (Å²) < 4.78 is 90.9. The Balaban J connectivity index is 1.49. The molecule has 0 bridgehead atoms. The summed E-state index contributed by atoms with van der Waals surface area (Å²) in [5.41, 5.74) is 1.55. The normalized spacial score (nSPS) is 18.3. The molecule has 246 valence electrons. The highest BCUT2D eigenvalue weighted by Gasteiger charge is 2.31. The first-order valence-electron chi connectivity index (χ1n) is 14.4. The fraction of sp³-hybridized carbons (Fsp3) is 0.484. The average molecular weight is 655 g/mol. The number of fused-ring (bicyclic) bond motifs is 1. The third-order valence-electron chi connectivity index (χ3n) is 7.61. The van der Waals surface area contributed by atoms with E-state index in [4.69, 9.17) is 9.47 Å². The topological polar surface area (TPSA) is 105 Å². The molecule has 0 radical (unpaired) electrons. The first-order valence-corrected chi connectivity index (χ1v) is 16.3. The van der Waals surface area contributed by atoms with Crippen molar-refractivity contribution < 1.29 is 40.6 Å². The van der Waals surface area contributed by atoms with Crippen LogP contribution in [0.2, 0.25) is 0 Å². The number of methoxy groups -OCH3 is 2. The molecular formula is C31H38F4N4O5S. The highest BCUT2D eigenvalue weighted by atomic mass is 32.2. The number of aromatic nitrogens is 1. The van der Waals surface area contributed by atoms with Gasteiger partial charge in [0.05, 0.1) is 48.2 Å². The Morgan fingerprint density at radius 2 is 1.91 bits per heavy atom. The van der Waals surface area contributed by atoms with Gasteiger partial charge in [-0.2, -0.15) is 13.2 Å². The minimum absolute atomic E-state index is 0.0479. The van der Waals surface area contributed by atoms with E-state index in [0.717, 1.165) is 10.8 Å². The number of ether oxygens (including phenoxy) is 2. The molecule has 0 aliphatic carbocycles. The molecule has 1 saturated heterocycles. The molecule has 1 aromatic heterocycles. The number of rotatable bonds is 12. The van der Waals surface area contributed by atoms with Gasteiger partial charge in [0.2, 0.25) is 0 Å². The van der Waals surface area contributed by atoms with Crippen LogP contribution < -0.4 is 15.4 Å². The highest BCUT2D eigenvalue weighted by Crippen LogP contribution is 2.31. The molecule has 3 aromatic rings. The van der Waals surface area contributed by atoms with E-state index in [-0.39, 0.29) is 42.0 Å². The predicted octanol–water partition coefficient (Wildman–Crippen LogP) is 4.16. The second kappa shape index (κ2) is 14.7. The molecule has 0 spiro atoms. The van der Waals surface area contributed by atoms with E-state index in [9.17, 15) is 26.7 Å². The molecule has 45 heavy (non-hydrogen) atoms. The Morgan fingerprint density at radius 1 is 1.13 bits per heavy atom. The zero-order valence-corrected chi connectivity index (χ0v) is 26.1. The number of hydrogen-bond acceptors (Lipinski definition) is 8. The SMILES string of the molecule is COC[C@@H](O)CN1CC[C@H](CNc2cccc3c2cc(C#CCNc2ccc(S(C)(=O)=O)cc2OC)n3CC(F)(F)F)[C@@H](F)C1. The van der Waals surface area contributed by atoms with E-state index in [1.54, 1.807) is 24.3 Å². The van der Waals surface area contributed by atoms with Gasteiger partial charge in [-0.1, -0.05) is 12.0 Å². The van der Waals surface area contributed by atoms with Gasteiger partial charge in [0.15, 0.2) is 9.84 Å². The zero-order valence-electron chi connectivity index (χ0n) is 25.3. The lowest BCUT2D eigenvalue weighted by molar-refractivity contribution is -0.140. The van der Waals surface area contributed by atoms with Crippen molar-refractivity contribution in [3.63, 3.8) is 0 Å². The summed E-state index contributed by atoms with van der Waals surface area (Å²) in [6, 6.07) is 10.9. The number of aliphatic hydroxyl groups is 1. The quantitative estimate of drug-likeness (QED) is 0.198. The van der Waals surface area contributed by atoms with Crippen LogP contribution in [0.15, 0.2) is 47.4 Å². The molecule has 2 aromatic carbocycles. The molecule has 3 N–H and O–H groups in total. The molecular weight excluding hydrogens is 616 g/mol. The van der Waals surface area contributed by atoms with Gasteiger partial charge in [-0.05, 0) is 49.2 Å². The van der Waals surface area contributed by atoms with Crippen molar-refractivity contribution in [1.82, 2.24) is 9.47 Å². The summed E-state index contributed by atoms with van der Waals surface area (Å²) in [7, 11) is -0.551. The van der Waals surface area contributed by atoms with Gasteiger partial charge in [0, 0.05) is 56.1 Å². The second-order valence-corrected chi connectivity index (χ2v) is 13.1. The molecule has 0 saturated carbocycles. The smallest absolute Gasteiger partial charge is 0.406 e. The number of hydrogen-bond donors (Lipinski definition) is 3. The summed E-state index contributed by atoms with van der Waals surface area (Å²) in [5.74, 6) is 5.65. The molecule has 0 amide bonds. The molecule has 14 heteroatoms. The Kier molecular flexibility index (Phi) is 11.2. The van der Waals surface area contributed by atoms with E-state index in [1.807, 2.05) is 4.90 Å². The summed E-state index contributed by atoms with van der Waals surface area (Å²) in [6.07, 6.45) is -4.68. The van der Waals surface area contributed by atoms with Crippen LogP contribution in [-0.4, -0.2) is 101 Å². The summed E-state index contributed by atoms with van der Waals surface area (Å²) in [6.45, 7) is 0.397. The minimum atomic E-state index is -4.49. The number of benzene rings is 2. The molecule has 4 rings (SSSR count). The van der Waals surface area contributed by atoms with Crippen LogP contribution in [0.1, 0.15) is 12.1 Å². The van der Waals surface area contributed by atoms with E-state index in [2.05, 4.69) is 22.5 Å². The second-order valence-electron chi connectivity index (χ2n) is 11.1. The van der Waals surface area contributed by atoms with Crippen molar-refractivity contribution in [3.8, 4) is 17.6 Å². The number of aliphatic hydroxyl groups excluding tert-OH is 1. The van der Waals surface area contributed by atoms with E-state index < -0.39 is 34.8 Å². The molecule has 2 heterocycles. The van der Waals surface area contributed by atoms with Gasteiger partial charge < -0.3 is 29.8 Å². The summed E-state index contributed by atoms with van der Waals surface area (Å²) in [5, 5.41) is 16.8. The molecule has 3 atom stereocenters. The lowest BCUT2D eigenvalue weighted by atomic mass is 9.94. The van der Waals surface area contributed by atoms with Crippen LogP contribution >= 0.6 is 0 Å². The average Bonchev–Trinajstić information content (AvgIpc) is 3.30. The maximum absolute atomic E-state index is 15.0. The van der Waals surface area contributed by atoms with Crippen LogP contribution in [-0.2, 0) is 21.1 Å². The zero-order chi connectivity index (χ0) is 32.8. The number of nitrogens with zero attached hydrogens (tertiary/aromatic N) is 2. The van der Waals surface area contributed by atoms with Gasteiger partial charge in [-0.25, -0.2) is 12.8 Å². The molecule has 1 fully saturated rings. The Morgan fingerprint density at radius 3 is 2.58 bits per heavy atom. The lowest BCUT2D eigenvalue weighted by Crippen LogP contribution is -2.47. The van der Waals surface area contributed by atoms with Gasteiger partial charge in [0.1, 0.15) is 18.5 Å². The Labute approximate surface area is 260 Å². The minimum Gasteiger partial charge on any atom is -0.495 e. The Bertz CT molecular complexity index is 1630. The first-order chi connectivity index (χ1) is 21.3. The molecule has 9 nitrogen and oxygen atoms in total. The third-order valence-corrected chi connectivity index (χ3v) is 8.72. The predicted molar refractivity (Wildman–Crippen MR) is 165 cm³/mol. The molecule has 1 aliphatic rings. The van der Waals surface area contributed by atoms with Crippen molar-refractivity contribution in [2.75, 3.05) is 70.4 Å². The van der Waals surface area contributed by atoms with Gasteiger partial charge in [0.25, 0.3) is 0 Å². The number of alkyl halides is 4. The van der Waals surface area contributed by atoms with Gasteiger partial charge >= 0.3 is 6.18 Å². The van der Waals surface area contributed by atoms with Gasteiger partial charge in [-0.3, -0.25) is 4.90 Å². The maximum atomic E-state index is 15.0. The molecule has 0 unspecified atom stereocenters. The number of halogens is 4. The number of sulfone groups is 1. The molecule has 1 aliphatic heterocycles. The largest absolute Gasteiger partial charge is 0.495 e. The van der Waals surface area contributed by atoms with Crippen molar-refractivity contribution in [3.05, 3.63) is 48.2 Å². The fourth-order valence-electron chi connectivity index (χ4n) is 5.41. The van der Waals surface area contributed by atoms with Crippen molar-refractivity contribution in [1.29, 1.82) is 0 Å². The van der Waals surface area contributed by atoms with Crippen LogP contribution in [0.25, 0.3) is 10.9 Å². The fourth-order valence-corrected chi connectivity index (χ4v) is 6.05. The number of likely N-dealkylation sites (tertiary alicyclic amines) is 1. The third kappa shape index (κ3) is 9.26. The maximum Gasteiger partial charge on any atom is 0.406 e. The lowest BCUT2D eigenvalue weighted by Gasteiger charge is -2.35. The van der Waals surface area contributed by atoms with Crippen LogP contribution in [0, 0.1) is 17.8 Å². The van der Waals surface area contributed by atoms with Crippen LogP contribution in [0.5, 0.6) is 5.75 Å². The number of β-amino-alcohol motifs (C(OH)–C–C–N with tert-alkyl or cyclic N) is 1. The highest BCUT2D eigenvalue weighted by molar-refractivity contribution is 7.90.